The SMILES string of the molecule is COC1CCCCC1N[C@@H](C)c1ccc(Br)cc1. The first-order valence-electron chi connectivity index (χ1n) is 6.75. The molecule has 2 nitrogen and oxygen atoms in total. The number of rotatable bonds is 4. The second kappa shape index (κ2) is 6.69. The van der Waals surface area contributed by atoms with E-state index in [-0.39, 0.29) is 0 Å². The number of halogens is 1. The molecule has 0 amide bonds. The van der Waals surface area contributed by atoms with Crippen LogP contribution >= 0.6 is 15.9 Å². The van der Waals surface area contributed by atoms with Crippen LogP contribution in [-0.4, -0.2) is 19.3 Å². The smallest absolute Gasteiger partial charge is 0.0724 e. The van der Waals surface area contributed by atoms with Crippen LogP contribution in [0.15, 0.2) is 28.7 Å². The molecule has 1 fully saturated rings. The Balaban J connectivity index is 1.97. The highest BCUT2D eigenvalue weighted by molar-refractivity contribution is 9.10. The van der Waals surface area contributed by atoms with Crippen molar-refractivity contribution in [2.24, 2.45) is 0 Å². The van der Waals surface area contributed by atoms with Gasteiger partial charge in [0.2, 0.25) is 0 Å². The van der Waals surface area contributed by atoms with E-state index in [9.17, 15) is 0 Å². The summed E-state index contributed by atoms with van der Waals surface area (Å²) in [4.78, 5) is 0. The zero-order valence-corrected chi connectivity index (χ0v) is 12.7. The zero-order chi connectivity index (χ0) is 13.0. The van der Waals surface area contributed by atoms with Gasteiger partial charge in [0.15, 0.2) is 0 Å². The van der Waals surface area contributed by atoms with E-state index in [1.54, 1.807) is 0 Å². The molecule has 1 aromatic rings. The minimum absolute atomic E-state index is 0.372. The molecule has 3 atom stereocenters. The van der Waals surface area contributed by atoms with Crippen molar-refractivity contribution in [2.75, 3.05) is 7.11 Å². The quantitative estimate of drug-likeness (QED) is 0.905. The third-order valence-corrected chi connectivity index (χ3v) is 4.37. The predicted octanol–water partition coefficient (Wildman–Crippen LogP) is 4.06. The van der Waals surface area contributed by atoms with Crippen molar-refractivity contribution in [3.63, 3.8) is 0 Å². The number of ether oxygens (including phenoxy) is 1. The van der Waals surface area contributed by atoms with Gasteiger partial charge in [0, 0.05) is 23.7 Å². The molecule has 0 heterocycles. The Morgan fingerprint density at radius 2 is 1.89 bits per heavy atom. The second-order valence-corrected chi connectivity index (χ2v) is 6.02. The standard InChI is InChI=1S/C15H22BrNO/c1-11(12-7-9-13(16)10-8-12)17-14-5-3-4-6-15(14)18-2/h7-11,14-15,17H,3-6H2,1-2H3/t11-,14?,15?/m0/s1. The van der Waals surface area contributed by atoms with E-state index in [0.29, 0.717) is 18.2 Å². The molecule has 0 bridgehead atoms. The number of hydrogen-bond donors (Lipinski definition) is 1. The summed E-state index contributed by atoms with van der Waals surface area (Å²) >= 11 is 3.47. The molecule has 1 aliphatic rings. The van der Waals surface area contributed by atoms with Gasteiger partial charge in [-0.25, -0.2) is 0 Å². The van der Waals surface area contributed by atoms with Crippen LogP contribution in [0.25, 0.3) is 0 Å². The van der Waals surface area contributed by atoms with Crippen molar-refractivity contribution in [1.29, 1.82) is 0 Å². The number of hydrogen-bond acceptors (Lipinski definition) is 2. The highest BCUT2D eigenvalue weighted by Gasteiger charge is 2.25. The van der Waals surface area contributed by atoms with Gasteiger partial charge in [-0.3, -0.25) is 0 Å². The number of methoxy groups -OCH3 is 1. The molecule has 1 N–H and O–H groups in total. The fraction of sp³-hybridized carbons (Fsp3) is 0.600. The summed E-state index contributed by atoms with van der Waals surface area (Å²) in [6.07, 6.45) is 5.38. The first-order chi connectivity index (χ1) is 8.70. The van der Waals surface area contributed by atoms with E-state index >= 15 is 0 Å². The molecule has 1 aliphatic carbocycles. The Morgan fingerprint density at radius 1 is 1.22 bits per heavy atom. The van der Waals surface area contributed by atoms with Crippen LogP contribution in [0.3, 0.4) is 0 Å². The predicted molar refractivity (Wildman–Crippen MR) is 78.7 cm³/mol. The minimum Gasteiger partial charge on any atom is -0.380 e. The Hall–Kier alpha value is -0.380. The van der Waals surface area contributed by atoms with Gasteiger partial charge >= 0.3 is 0 Å². The fourth-order valence-electron chi connectivity index (χ4n) is 2.74. The van der Waals surface area contributed by atoms with Crippen LogP contribution in [0, 0.1) is 0 Å². The van der Waals surface area contributed by atoms with E-state index in [2.05, 4.69) is 52.4 Å². The summed E-state index contributed by atoms with van der Waals surface area (Å²) in [6.45, 7) is 2.23. The van der Waals surface area contributed by atoms with Crippen molar-refractivity contribution < 1.29 is 4.74 Å². The lowest BCUT2D eigenvalue weighted by molar-refractivity contribution is 0.0384. The van der Waals surface area contributed by atoms with Crippen LogP contribution in [0.5, 0.6) is 0 Å². The number of nitrogens with one attached hydrogen (secondary N) is 1. The van der Waals surface area contributed by atoms with Crippen molar-refractivity contribution in [3.05, 3.63) is 34.3 Å². The van der Waals surface area contributed by atoms with Crippen molar-refractivity contribution in [1.82, 2.24) is 5.32 Å². The molecule has 18 heavy (non-hydrogen) atoms. The van der Waals surface area contributed by atoms with Gasteiger partial charge in [-0.15, -0.1) is 0 Å². The molecule has 0 saturated heterocycles. The van der Waals surface area contributed by atoms with Crippen LogP contribution in [0.1, 0.15) is 44.2 Å². The molecule has 0 aromatic heterocycles. The third kappa shape index (κ3) is 3.56. The number of benzene rings is 1. The summed E-state index contributed by atoms with van der Waals surface area (Å²) < 4.78 is 6.72. The molecular formula is C15H22BrNO. The largest absolute Gasteiger partial charge is 0.380 e. The first-order valence-corrected chi connectivity index (χ1v) is 7.54. The molecule has 0 radical (unpaired) electrons. The molecule has 3 heteroatoms. The van der Waals surface area contributed by atoms with Gasteiger partial charge in [-0.2, -0.15) is 0 Å². The summed E-state index contributed by atoms with van der Waals surface area (Å²) in [7, 11) is 1.83. The Morgan fingerprint density at radius 3 is 2.56 bits per heavy atom. The van der Waals surface area contributed by atoms with Gasteiger partial charge in [-0.05, 0) is 37.5 Å². The Kier molecular flexibility index (Phi) is 5.22. The average Bonchev–Trinajstić information content (AvgIpc) is 2.40. The maximum atomic E-state index is 5.59. The molecule has 100 valence electrons. The fourth-order valence-corrected chi connectivity index (χ4v) is 3.00. The van der Waals surface area contributed by atoms with Crippen LogP contribution in [0.4, 0.5) is 0 Å². The van der Waals surface area contributed by atoms with E-state index in [1.807, 2.05) is 7.11 Å². The maximum Gasteiger partial charge on any atom is 0.0724 e. The first kappa shape index (κ1) is 14.0. The molecule has 0 aliphatic heterocycles. The van der Waals surface area contributed by atoms with Crippen LogP contribution in [0.2, 0.25) is 0 Å². The molecular weight excluding hydrogens is 290 g/mol. The van der Waals surface area contributed by atoms with Gasteiger partial charge in [0.25, 0.3) is 0 Å². The highest BCUT2D eigenvalue weighted by atomic mass is 79.9. The highest BCUT2D eigenvalue weighted by Crippen LogP contribution is 2.24. The Labute approximate surface area is 118 Å². The van der Waals surface area contributed by atoms with Gasteiger partial charge < -0.3 is 10.1 Å². The van der Waals surface area contributed by atoms with E-state index in [0.717, 1.165) is 4.47 Å². The lowest BCUT2D eigenvalue weighted by Gasteiger charge is -2.33. The minimum atomic E-state index is 0.372. The lowest BCUT2D eigenvalue weighted by atomic mass is 9.91. The van der Waals surface area contributed by atoms with Gasteiger partial charge in [0.1, 0.15) is 0 Å². The van der Waals surface area contributed by atoms with Crippen molar-refractivity contribution in [3.8, 4) is 0 Å². The van der Waals surface area contributed by atoms with Crippen LogP contribution in [-0.2, 0) is 4.74 Å². The zero-order valence-electron chi connectivity index (χ0n) is 11.2. The normalized spacial score (nSPS) is 25.9. The molecule has 2 rings (SSSR count). The molecule has 2 unspecified atom stereocenters. The van der Waals surface area contributed by atoms with Crippen LogP contribution < -0.4 is 5.32 Å². The summed E-state index contributed by atoms with van der Waals surface area (Å²) in [5.41, 5.74) is 1.33. The van der Waals surface area contributed by atoms with Gasteiger partial charge in [0.05, 0.1) is 6.10 Å². The van der Waals surface area contributed by atoms with E-state index < -0.39 is 0 Å². The summed E-state index contributed by atoms with van der Waals surface area (Å²) in [6, 6.07) is 9.41. The van der Waals surface area contributed by atoms with Crippen molar-refractivity contribution in [2.45, 2.75) is 50.8 Å². The molecule has 1 saturated carbocycles. The van der Waals surface area contributed by atoms with Crippen molar-refractivity contribution >= 4 is 15.9 Å². The van der Waals surface area contributed by atoms with E-state index in [1.165, 1.54) is 31.2 Å². The van der Waals surface area contributed by atoms with Gasteiger partial charge in [-0.1, -0.05) is 40.9 Å². The average molecular weight is 312 g/mol. The van der Waals surface area contributed by atoms with E-state index in [4.69, 9.17) is 4.74 Å². The topological polar surface area (TPSA) is 21.3 Å². The Bertz CT molecular complexity index is 365. The lowest BCUT2D eigenvalue weighted by Crippen LogP contribution is -2.44. The molecule has 0 spiro atoms. The maximum absolute atomic E-state index is 5.59. The summed E-state index contributed by atoms with van der Waals surface area (Å²) in [5, 5.41) is 3.72. The summed E-state index contributed by atoms with van der Waals surface area (Å²) in [5.74, 6) is 0. The third-order valence-electron chi connectivity index (χ3n) is 3.84. The second-order valence-electron chi connectivity index (χ2n) is 5.11. The monoisotopic (exact) mass is 311 g/mol. The molecule has 1 aromatic carbocycles.